The van der Waals surface area contributed by atoms with Gasteiger partial charge in [-0.3, -0.25) is 58.3 Å². The predicted octanol–water partition coefficient (Wildman–Crippen LogP) is 0.788. The van der Waals surface area contributed by atoms with Crippen LogP contribution < -0.4 is 14.8 Å². The molecule has 0 saturated carbocycles. The molecule has 1 aromatic heterocycles. The molecule has 0 bridgehead atoms. The van der Waals surface area contributed by atoms with Crippen LogP contribution in [0.3, 0.4) is 0 Å². The summed E-state index contributed by atoms with van der Waals surface area (Å²) in [5.41, 5.74) is 2.12. The summed E-state index contributed by atoms with van der Waals surface area (Å²) >= 11 is 0. The molecule has 70 heavy (non-hydrogen) atoms. The lowest BCUT2D eigenvalue weighted by molar-refractivity contribution is -0.141. The number of nitrogens with one attached hydrogen (secondary N) is 1. The van der Waals surface area contributed by atoms with E-state index in [0.29, 0.717) is 105 Å². The number of carboxylic acids is 3. The topological polar surface area (TPSA) is 253 Å². The maximum absolute atomic E-state index is 14.0. The largest absolute Gasteiger partial charge is 0.497 e. The molecule has 4 heterocycles. The first-order chi connectivity index (χ1) is 33.5. The number of nitriles is 1. The fourth-order valence-corrected chi connectivity index (χ4v) is 8.81. The van der Waals surface area contributed by atoms with E-state index in [-0.39, 0.29) is 63.8 Å². The monoisotopic (exact) mass is 978 g/mol. The van der Waals surface area contributed by atoms with Crippen molar-refractivity contribution in [3.05, 3.63) is 54.2 Å². The fourth-order valence-electron chi connectivity index (χ4n) is 8.81. The van der Waals surface area contributed by atoms with E-state index in [1.54, 1.807) is 57.0 Å². The van der Waals surface area contributed by atoms with Crippen molar-refractivity contribution < 1.29 is 62.3 Å². The molecule has 0 unspecified atom stereocenters. The number of likely N-dealkylation sites (tertiary alicyclic amines) is 1. The molecule has 3 aromatic rings. The van der Waals surface area contributed by atoms with Gasteiger partial charge in [0.05, 0.1) is 70.1 Å². The zero-order valence-electron chi connectivity index (χ0n) is 39.1. The first kappa shape index (κ1) is 52.8. The fraction of sp³-hybridized carbons (Fsp3) is 0.532. The minimum absolute atomic E-state index is 0.0715. The highest BCUT2D eigenvalue weighted by Gasteiger charge is 2.47. The second-order valence-electron chi connectivity index (χ2n) is 17.6. The Balaban J connectivity index is 1.02. The number of aliphatic carboxylic acids is 3. The SMILES string of the molecule is COc1ccc(-c2ccc3nccc(C(=O)NCC(=O)N4CC(F)(F)C[C@H]4C#N)c3c2)c(OCCCN2CCN(C(=O)CN3CCN(CC(=O)O)CCN(CC(=O)O)CCN(CC(=O)O)CC3)CC2)c1. The van der Waals surface area contributed by atoms with Gasteiger partial charge in [-0.25, -0.2) is 8.78 Å². The van der Waals surface area contributed by atoms with Gasteiger partial charge in [0, 0.05) is 115 Å². The van der Waals surface area contributed by atoms with Crippen molar-refractivity contribution in [1.82, 2.24) is 44.6 Å². The van der Waals surface area contributed by atoms with Crippen molar-refractivity contribution in [2.24, 2.45) is 0 Å². The van der Waals surface area contributed by atoms with Crippen molar-refractivity contribution in [2.45, 2.75) is 24.8 Å². The molecule has 6 rings (SSSR count). The van der Waals surface area contributed by atoms with Crippen LogP contribution in [0.4, 0.5) is 8.78 Å². The number of pyridine rings is 1. The van der Waals surface area contributed by atoms with Gasteiger partial charge < -0.3 is 39.9 Å². The Morgan fingerprint density at radius 2 is 1.33 bits per heavy atom. The normalized spacial score (nSPS) is 19.1. The number of carbonyl (C=O) groups excluding carboxylic acids is 3. The van der Waals surface area contributed by atoms with Gasteiger partial charge in [-0.15, -0.1) is 0 Å². The van der Waals surface area contributed by atoms with E-state index < -0.39 is 61.2 Å². The Morgan fingerprint density at radius 3 is 1.89 bits per heavy atom. The van der Waals surface area contributed by atoms with Crippen molar-refractivity contribution in [3.8, 4) is 28.7 Å². The van der Waals surface area contributed by atoms with E-state index in [1.807, 2.05) is 17.0 Å². The third kappa shape index (κ3) is 15.2. The Kier molecular flexibility index (Phi) is 18.7. The standard InChI is InChI=1S/C47H60F2N10O11/c1-69-35-4-5-36(33-3-6-39-38(23-33)37(7-8-51-39)46(68)52-27-41(60)59-32-47(48,49)25-34(59)26-50)40(24-35)70-22-2-9-53-18-20-58(21-19-53)42(61)28-54-10-12-55(29-43(62)63)14-16-57(31-45(66)67)17-15-56(13-11-54)30-44(64)65/h3-8,23-24,34H,2,9-22,25,27-32H2,1H3,(H,52,68)(H,62,63)(H,64,65)(H,66,67)/t34-/m0/s1. The summed E-state index contributed by atoms with van der Waals surface area (Å²) in [7, 11) is 1.54. The first-order valence-corrected chi connectivity index (χ1v) is 23.1. The summed E-state index contributed by atoms with van der Waals surface area (Å²) in [4.78, 5) is 91.0. The van der Waals surface area contributed by atoms with Crippen LogP contribution in [0.25, 0.3) is 22.0 Å². The van der Waals surface area contributed by atoms with Gasteiger partial charge in [0.2, 0.25) is 11.8 Å². The molecule has 21 nitrogen and oxygen atoms in total. The Bertz CT molecular complexity index is 2370. The molecule has 3 fully saturated rings. The van der Waals surface area contributed by atoms with Crippen LogP contribution in [0.15, 0.2) is 48.7 Å². The highest BCUT2D eigenvalue weighted by atomic mass is 19.3. The lowest BCUT2D eigenvalue weighted by atomic mass is 9.99. The highest BCUT2D eigenvalue weighted by molar-refractivity contribution is 6.07. The second-order valence-corrected chi connectivity index (χ2v) is 17.6. The van der Waals surface area contributed by atoms with Crippen LogP contribution in [-0.4, -0.2) is 240 Å². The zero-order chi connectivity index (χ0) is 50.4. The third-order valence-corrected chi connectivity index (χ3v) is 12.6. The molecule has 3 aliphatic rings. The molecule has 2 aromatic carbocycles. The summed E-state index contributed by atoms with van der Waals surface area (Å²) in [6, 6.07) is 12.7. The summed E-state index contributed by atoms with van der Waals surface area (Å²) in [5, 5.41) is 40.8. The van der Waals surface area contributed by atoms with Crippen molar-refractivity contribution in [3.63, 3.8) is 0 Å². The van der Waals surface area contributed by atoms with Crippen LogP contribution >= 0.6 is 0 Å². The molecule has 0 radical (unpaired) electrons. The number of rotatable bonds is 18. The molecule has 23 heteroatoms. The summed E-state index contributed by atoms with van der Waals surface area (Å²) in [6.45, 7) is 3.62. The average Bonchev–Trinajstić information content (AvgIpc) is 3.66. The smallest absolute Gasteiger partial charge is 0.317 e. The predicted molar refractivity (Wildman–Crippen MR) is 249 cm³/mol. The molecule has 4 N–H and O–H groups in total. The number of piperazine rings is 1. The number of hydrogen-bond donors (Lipinski definition) is 4. The minimum Gasteiger partial charge on any atom is -0.497 e. The second kappa shape index (κ2) is 24.8. The van der Waals surface area contributed by atoms with E-state index >= 15 is 0 Å². The number of fused-ring (bicyclic) bond motifs is 1. The summed E-state index contributed by atoms with van der Waals surface area (Å²) in [5.74, 6) is -6.66. The Hall–Kier alpha value is -6.58. The summed E-state index contributed by atoms with van der Waals surface area (Å²) in [6.07, 6.45) is 1.35. The van der Waals surface area contributed by atoms with E-state index in [1.165, 1.54) is 12.3 Å². The number of ether oxygens (including phenoxy) is 2. The highest BCUT2D eigenvalue weighted by Crippen LogP contribution is 2.36. The van der Waals surface area contributed by atoms with Gasteiger partial charge >= 0.3 is 17.9 Å². The van der Waals surface area contributed by atoms with Crippen molar-refractivity contribution >= 4 is 46.5 Å². The quantitative estimate of drug-likeness (QED) is 0.129. The number of halogens is 2. The number of aromatic nitrogens is 1. The molecule has 3 amide bonds. The Morgan fingerprint density at radius 1 is 0.757 bits per heavy atom. The third-order valence-electron chi connectivity index (χ3n) is 12.6. The van der Waals surface area contributed by atoms with Crippen LogP contribution in [0.5, 0.6) is 11.5 Å². The molecule has 1 atom stereocenters. The number of carboxylic acid groups (broad SMARTS) is 3. The Labute approximate surface area is 403 Å². The molecule has 3 saturated heterocycles. The summed E-state index contributed by atoms with van der Waals surface area (Å²) < 4.78 is 39.8. The average molecular weight is 979 g/mol. The van der Waals surface area contributed by atoms with E-state index in [0.717, 1.165) is 4.90 Å². The van der Waals surface area contributed by atoms with E-state index in [4.69, 9.17) is 9.47 Å². The van der Waals surface area contributed by atoms with Gasteiger partial charge in [-0.05, 0) is 42.3 Å². The number of amides is 3. The number of hydrogen-bond acceptors (Lipinski definition) is 15. The lowest BCUT2D eigenvalue weighted by Gasteiger charge is -2.37. The number of carbonyl (C=O) groups is 6. The van der Waals surface area contributed by atoms with Gasteiger partial charge in [0.15, 0.2) is 0 Å². The number of benzene rings is 2. The minimum atomic E-state index is -3.19. The van der Waals surface area contributed by atoms with E-state index in [9.17, 15) is 58.1 Å². The lowest BCUT2D eigenvalue weighted by Crippen LogP contribution is -2.53. The molecular formula is C47H60F2N10O11. The maximum Gasteiger partial charge on any atom is 0.317 e. The van der Waals surface area contributed by atoms with Crippen molar-refractivity contribution in [2.75, 3.05) is 138 Å². The zero-order valence-corrected chi connectivity index (χ0v) is 39.1. The van der Waals surface area contributed by atoms with Crippen LogP contribution in [-0.2, 0) is 24.0 Å². The molecule has 378 valence electrons. The number of alkyl halides is 2. The van der Waals surface area contributed by atoms with Crippen LogP contribution in [0, 0.1) is 11.3 Å². The molecule has 0 spiro atoms. The van der Waals surface area contributed by atoms with Crippen LogP contribution in [0.1, 0.15) is 23.2 Å². The number of methoxy groups -OCH3 is 1. The van der Waals surface area contributed by atoms with Gasteiger partial charge in [-0.1, -0.05) is 6.07 Å². The molecule has 0 aliphatic carbocycles. The van der Waals surface area contributed by atoms with Gasteiger partial charge in [-0.2, -0.15) is 5.26 Å². The number of nitrogens with zero attached hydrogens (tertiary/aromatic N) is 9. The first-order valence-electron chi connectivity index (χ1n) is 23.1. The maximum atomic E-state index is 14.0. The molecule has 3 aliphatic heterocycles. The van der Waals surface area contributed by atoms with Gasteiger partial charge in [0.25, 0.3) is 11.8 Å². The van der Waals surface area contributed by atoms with Crippen molar-refractivity contribution in [1.29, 1.82) is 5.26 Å². The van der Waals surface area contributed by atoms with Crippen LogP contribution in [0.2, 0.25) is 0 Å². The molecular weight excluding hydrogens is 919 g/mol. The van der Waals surface area contributed by atoms with E-state index in [2.05, 4.69) is 15.2 Å². The van der Waals surface area contributed by atoms with Gasteiger partial charge in [0.1, 0.15) is 17.5 Å².